The van der Waals surface area contributed by atoms with Gasteiger partial charge in [-0.1, -0.05) is 69.3 Å². The second-order valence-corrected chi connectivity index (χ2v) is 22.4. The number of amides is 1. The molecule has 2 aliphatic heterocycles. The predicted molar refractivity (Wildman–Crippen MR) is 193 cm³/mol. The van der Waals surface area contributed by atoms with Gasteiger partial charge in [0.05, 0.1) is 0 Å². The second kappa shape index (κ2) is 14.1. The lowest BCUT2D eigenvalue weighted by molar-refractivity contribution is 0.0270. The quantitative estimate of drug-likeness (QED) is 0.243. The lowest BCUT2D eigenvalue weighted by Gasteiger charge is -2.38. The van der Waals surface area contributed by atoms with Gasteiger partial charge in [0.1, 0.15) is 22.3 Å². The van der Waals surface area contributed by atoms with Gasteiger partial charge >= 0.3 is 6.09 Å². The van der Waals surface area contributed by atoms with E-state index in [1.165, 1.54) is 6.07 Å². The topological polar surface area (TPSA) is 94.5 Å². The number of halogens is 1. The Morgan fingerprint density at radius 2 is 1.73 bits per heavy atom. The molecule has 0 spiro atoms. The van der Waals surface area contributed by atoms with Crippen molar-refractivity contribution in [3.63, 3.8) is 0 Å². The number of carbonyl (C=O) groups excluding carboxylic acids is 1. The molecule has 0 saturated carbocycles. The Morgan fingerprint density at radius 1 is 1.08 bits per heavy atom. The molecule has 0 fully saturated rings. The van der Waals surface area contributed by atoms with Crippen molar-refractivity contribution in [3.8, 4) is 0 Å². The summed E-state index contributed by atoms with van der Waals surface area (Å²) < 4.78 is 65.1. The molecular weight excluding hydrogens is 648 g/mol. The maximum absolute atomic E-state index is 15.1. The van der Waals surface area contributed by atoms with Gasteiger partial charge in [-0.25, -0.2) is 17.6 Å². The van der Waals surface area contributed by atoms with Crippen molar-refractivity contribution in [3.05, 3.63) is 77.1 Å². The largest absolute Gasteiger partial charge is 0.472 e. The highest BCUT2D eigenvalue weighted by molar-refractivity contribution is 7.90. The number of ether oxygens (including phenoxy) is 2. The third-order valence-corrected chi connectivity index (χ3v) is 15.9. The lowest BCUT2D eigenvalue weighted by atomic mass is 9.91. The molecule has 1 unspecified atom stereocenters. The van der Waals surface area contributed by atoms with E-state index >= 15 is 4.39 Å². The van der Waals surface area contributed by atoms with Gasteiger partial charge in [0.25, 0.3) is 10.0 Å². The fourth-order valence-corrected chi connectivity index (χ4v) is 8.76. The lowest BCUT2D eigenvalue weighted by Crippen LogP contribution is -2.43. The smallest absolute Gasteiger partial charge is 0.410 e. The number of hydrogen-bond donors (Lipinski definition) is 0. The van der Waals surface area contributed by atoms with Gasteiger partial charge in [-0.15, -0.1) is 4.40 Å². The van der Waals surface area contributed by atoms with Gasteiger partial charge in [0.2, 0.25) is 5.90 Å². The van der Waals surface area contributed by atoms with Crippen molar-refractivity contribution in [2.45, 2.75) is 115 Å². The van der Waals surface area contributed by atoms with Crippen molar-refractivity contribution < 1.29 is 31.5 Å². The van der Waals surface area contributed by atoms with Crippen LogP contribution in [0.1, 0.15) is 103 Å². The molecule has 264 valence electrons. The van der Waals surface area contributed by atoms with Crippen molar-refractivity contribution in [1.82, 2.24) is 4.90 Å². The van der Waals surface area contributed by atoms with E-state index in [4.69, 9.17) is 13.9 Å². The van der Waals surface area contributed by atoms with E-state index in [1.807, 2.05) is 51.1 Å². The Hall–Kier alpha value is -3.02. The van der Waals surface area contributed by atoms with Crippen LogP contribution in [0.4, 0.5) is 9.18 Å². The Bertz CT molecular complexity index is 1640. The molecule has 0 aliphatic carbocycles. The molecule has 2 heterocycles. The molecule has 48 heavy (non-hydrogen) atoms. The number of carbonyl (C=O) groups is 1. The molecule has 1 amide bonds. The fraction of sp³-hybridized carbons (Fsp3) is 0.568. The number of rotatable bonds is 9. The first kappa shape index (κ1) is 37.8. The molecule has 0 saturated heterocycles. The monoisotopic (exact) mass is 700 g/mol. The molecule has 0 radical (unpaired) electrons. The van der Waals surface area contributed by atoms with Crippen LogP contribution in [-0.4, -0.2) is 64.5 Å². The van der Waals surface area contributed by atoms with Gasteiger partial charge in [0.15, 0.2) is 8.32 Å². The van der Waals surface area contributed by atoms with Crippen LogP contribution in [0, 0.1) is 5.82 Å². The summed E-state index contributed by atoms with van der Waals surface area (Å²) in [6.45, 7) is 21.3. The Kier molecular flexibility index (Phi) is 11.1. The molecule has 0 bridgehead atoms. The first-order valence-corrected chi connectivity index (χ1v) is 21.2. The number of hydrogen-bond acceptors (Lipinski definition) is 6. The molecular formula is C37H53FN2O6SSi. The summed E-state index contributed by atoms with van der Waals surface area (Å²) in [5.41, 5.74) is 1.42. The van der Waals surface area contributed by atoms with Crippen LogP contribution < -0.4 is 0 Å². The third kappa shape index (κ3) is 9.15. The van der Waals surface area contributed by atoms with Crippen LogP contribution in [0.15, 0.2) is 59.0 Å². The number of sulfonamides is 1. The summed E-state index contributed by atoms with van der Waals surface area (Å²) in [6.07, 6.45) is 2.95. The molecule has 2 atom stereocenters. The van der Waals surface area contributed by atoms with Crippen LogP contribution >= 0.6 is 0 Å². The molecule has 8 nitrogen and oxygen atoms in total. The van der Waals surface area contributed by atoms with Gasteiger partial charge in [0, 0.05) is 26.1 Å². The highest BCUT2D eigenvalue weighted by Crippen LogP contribution is 2.43. The van der Waals surface area contributed by atoms with E-state index in [0.717, 1.165) is 11.1 Å². The van der Waals surface area contributed by atoms with Crippen molar-refractivity contribution in [2.75, 3.05) is 19.7 Å². The SMILES string of the molecule is CC(C)(C)OC(=O)N1CC=C(c2ccc(C3C(C)(C)OC(C[C@@H](CCO[Si](C)(C)C(C)(C)C)c4ccccc4F)=NS3(=O)=O)cc2)CC1. The molecule has 11 heteroatoms. The zero-order valence-electron chi connectivity index (χ0n) is 30.2. The summed E-state index contributed by atoms with van der Waals surface area (Å²) in [5.74, 6) is -0.654. The van der Waals surface area contributed by atoms with Gasteiger partial charge < -0.3 is 18.8 Å². The normalized spacial score (nSPS) is 20.3. The van der Waals surface area contributed by atoms with E-state index in [-0.39, 0.29) is 35.2 Å². The molecule has 2 aromatic rings. The van der Waals surface area contributed by atoms with Crippen molar-refractivity contribution in [1.29, 1.82) is 0 Å². The van der Waals surface area contributed by atoms with Crippen LogP contribution in [0.3, 0.4) is 0 Å². The summed E-state index contributed by atoms with van der Waals surface area (Å²) in [6, 6.07) is 14.0. The number of benzene rings is 2. The minimum atomic E-state index is -4.03. The molecule has 4 rings (SSSR count). The Balaban J connectivity index is 1.52. The second-order valence-electron chi connectivity index (χ2n) is 15.9. The average Bonchev–Trinajstić information content (AvgIpc) is 2.94. The molecule has 0 N–H and O–H groups in total. The Morgan fingerprint density at radius 3 is 2.27 bits per heavy atom. The molecule has 0 aromatic heterocycles. The van der Waals surface area contributed by atoms with E-state index in [1.54, 1.807) is 36.9 Å². The van der Waals surface area contributed by atoms with Gasteiger partial charge in [-0.3, -0.25) is 0 Å². The third-order valence-electron chi connectivity index (χ3n) is 9.49. The standard InChI is InChI=1S/C37H53FN2O6SSi/c1-35(2,3)46-34(41)40-22-19-27(20-23-40)26-15-17-28(18-16-26)33-37(7,8)45-32(39-47(33,42)43)25-29(30-13-11-12-14-31(30)38)21-24-44-48(9,10)36(4,5)6/h11-19,29,33H,20-25H2,1-10H3/t29-,33?/m1/s1. The highest BCUT2D eigenvalue weighted by Gasteiger charge is 2.47. The molecule has 2 aromatic carbocycles. The van der Waals surface area contributed by atoms with Crippen LogP contribution in [0.25, 0.3) is 5.57 Å². The summed E-state index contributed by atoms with van der Waals surface area (Å²) in [5, 5.41) is -1.00. The maximum Gasteiger partial charge on any atom is 0.410 e. The Labute approximate surface area is 287 Å². The minimum absolute atomic E-state index is 0.0265. The minimum Gasteiger partial charge on any atom is -0.472 e. The average molecular weight is 701 g/mol. The van der Waals surface area contributed by atoms with Crippen LogP contribution in [-0.2, 0) is 23.9 Å². The van der Waals surface area contributed by atoms with Gasteiger partial charge in [-0.05, 0) is 99.8 Å². The highest BCUT2D eigenvalue weighted by atomic mass is 32.2. The van der Waals surface area contributed by atoms with E-state index in [9.17, 15) is 13.2 Å². The van der Waals surface area contributed by atoms with Crippen LogP contribution in [0.2, 0.25) is 18.1 Å². The predicted octanol–water partition coefficient (Wildman–Crippen LogP) is 9.01. The molecule has 2 aliphatic rings. The first-order chi connectivity index (χ1) is 22.1. The zero-order chi connectivity index (χ0) is 35.7. The fourth-order valence-electron chi connectivity index (χ4n) is 5.93. The summed E-state index contributed by atoms with van der Waals surface area (Å²) in [4.78, 5) is 14.1. The van der Waals surface area contributed by atoms with E-state index in [0.29, 0.717) is 43.7 Å². The van der Waals surface area contributed by atoms with E-state index < -0.39 is 34.8 Å². The van der Waals surface area contributed by atoms with Gasteiger partial charge in [-0.2, -0.15) is 0 Å². The van der Waals surface area contributed by atoms with Crippen molar-refractivity contribution >= 4 is 35.9 Å². The summed E-state index contributed by atoms with van der Waals surface area (Å²) in [7, 11) is -6.07. The summed E-state index contributed by atoms with van der Waals surface area (Å²) >= 11 is 0. The first-order valence-electron chi connectivity index (χ1n) is 16.8. The van der Waals surface area contributed by atoms with Crippen LogP contribution in [0.5, 0.6) is 0 Å². The van der Waals surface area contributed by atoms with E-state index in [2.05, 4.69) is 38.3 Å². The number of nitrogens with zero attached hydrogens (tertiary/aromatic N) is 2. The maximum atomic E-state index is 15.1. The van der Waals surface area contributed by atoms with Crippen molar-refractivity contribution in [2.24, 2.45) is 4.40 Å². The zero-order valence-corrected chi connectivity index (χ0v) is 32.0.